The van der Waals surface area contributed by atoms with Gasteiger partial charge >= 0.3 is 0 Å². The number of benzene rings is 1. The molecule has 1 N–H and O–H groups in total. The maximum absolute atomic E-state index is 14.0. The van der Waals surface area contributed by atoms with Gasteiger partial charge in [-0.05, 0) is 99.2 Å². The molecule has 32 heavy (non-hydrogen) atoms. The van der Waals surface area contributed by atoms with Crippen LogP contribution in [0.5, 0.6) is 0 Å². The van der Waals surface area contributed by atoms with Gasteiger partial charge in [-0.1, -0.05) is 0 Å². The highest BCUT2D eigenvalue weighted by Gasteiger charge is 2.50. The number of carbonyl (C=O) groups is 1. The summed E-state index contributed by atoms with van der Waals surface area (Å²) in [5.41, 5.74) is 0.425. The van der Waals surface area contributed by atoms with Crippen molar-refractivity contribution in [2.75, 3.05) is 19.6 Å². The fourth-order valence-corrected chi connectivity index (χ4v) is 8.91. The first kappa shape index (κ1) is 22.3. The number of halogens is 2. The monoisotopic (exact) mass is 466 g/mol. The Hall–Kier alpha value is -1.54. The molecule has 8 heteroatoms. The van der Waals surface area contributed by atoms with Crippen LogP contribution in [0.3, 0.4) is 0 Å². The molecular weight excluding hydrogens is 434 g/mol. The fraction of sp³-hybridized carbons (Fsp3) is 0.708. The number of piperidine rings is 1. The Morgan fingerprint density at radius 2 is 1.62 bits per heavy atom. The first-order chi connectivity index (χ1) is 15.2. The molecule has 1 aromatic rings. The lowest BCUT2D eigenvalue weighted by molar-refractivity contribution is -0.126. The van der Waals surface area contributed by atoms with E-state index in [1.54, 1.807) is 0 Å². The third-order valence-corrected chi connectivity index (χ3v) is 10.4. The Kier molecular flexibility index (Phi) is 5.81. The van der Waals surface area contributed by atoms with Gasteiger partial charge in [0.25, 0.3) is 0 Å². The second-order valence-corrected chi connectivity index (χ2v) is 12.6. The molecule has 1 aliphatic heterocycles. The van der Waals surface area contributed by atoms with E-state index in [2.05, 4.69) is 5.32 Å². The summed E-state index contributed by atoms with van der Waals surface area (Å²) in [5.74, 6) is 0.677. The van der Waals surface area contributed by atoms with Gasteiger partial charge in [-0.3, -0.25) is 4.79 Å². The minimum atomic E-state index is -4.12. The number of hydrogen-bond acceptors (Lipinski definition) is 3. The molecular formula is C24H32F2N2O3S. The van der Waals surface area contributed by atoms with Gasteiger partial charge in [-0.15, -0.1) is 0 Å². The Morgan fingerprint density at radius 1 is 1.03 bits per heavy atom. The highest BCUT2D eigenvalue weighted by atomic mass is 32.2. The number of rotatable bonds is 6. The molecule has 4 saturated carbocycles. The predicted octanol–water partition coefficient (Wildman–Crippen LogP) is 4.09. The van der Waals surface area contributed by atoms with Crippen LogP contribution in [0.4, 0.5) is 8.78 Å². The van der Waals surface area contributed by atoms with Crippen LogP contribution in [-0.4, -0.2) is 38.3 Å². The second-order valence-electron chi connectivity index (χ2n) is 10.7. The van der Waals surface area contributed by atoms with Crippen LogP contribution in [0.1, 0.15) is 57.8 Å². The third-order valence-electron chi connectivity index (χ3n) is 8.46. The van der Waals surface area contributed by atoms with Gasteiger partial charge in [0.1, 0.15) is 16.5 Å². The van der Waals surface area contributed by atoms with Crippen LogP contribution in [0.15, 0.2) is 23.1 Å². The van der Waals surface area contributed by atoms with Crippen molar-refractivity contribution in [1.29, 1.82) is 0 Å². The molecule has 0 spiro atoms. The third kappa shape index (κ3) is 4.20. The van der Waals surface area contributed by atoms with E-state index in [0.717, 1.165) is 40.6 Å². The Labute approximate surface area is 189 Å². The van der Waals surface area contributed by atoms with Gasteiger partial charge in [0.15, 0.2) is 0 Å². The van der Waals surface area contributed by atoms with E-state index in [0.29, 0.717) is 30.9 Å². The smallest absolute Gasteiger partial charge is 0.246 e. The number of amides is 1. The summed E-state index contributed by atoms with van der Waals surface area (Å²) in [6.07, 6.45) is 10.0. The summed E-state index contributed by atoms with van der Waals surface area (Å²) in [5, 5.41) is 3.11. The van der Waals surface area contributed by atoms with Gasteiger partial charge < -0.3 is 5.32 Å². The van der Waals surface area contributed by atoms with Crippen molar-refractivity contribution in [3.8, 4) is 0 Å². The van der Waals surface area contributed by atoms with Crippen LogP contribution in [0, 0.1) is 40.7 Å². The molecule has 1 heterocycles. The molecule has 0 unspecified atom stereocenters. The van der Waals surface area contributed by atoms with E-state index >= 15 is 0 Å². The lowest BCUT2D eigenvalue weighted by atomic mass is 9.49. The number of sulfonamides is 1. The lowest BCUT2D eigenvalue weighted by Gasteiger charge is -2.57. The quantitative estimate of drug-likeness (QED) is 0.687. The molecule has 5 fully saturated rings. The minimum absolute atomic E-state index is 0.0105. The van der Waals surface area contributed by atoms with E-state index in [4.69, 9.17) is 0 Å². The summed E-state index contributed by atoms with van der Waals surface area (Å²) in [6, 6.07) is 2.44. The maximum Gasteiger partial charge on any atom is 0.246 e. The van der Waals surface area contributed by atoms with Crippen LogP contribution in [0.2, 0.25) is 0 Å². The van der Waals surface area contributed by atoms with Crippen molar-refractivity contribution in [2.24, 2.45) is 29.1 Å². The lowest BCUT2D eigenvalue weighted by Crippen LogP contribution is -2.48. The van der Waals surface area contributed by atoms with E-state index in [-0.39, 0.29) is 24.9 Å². The maximum atomic E-state index is 14.0. The molecule has 4 aliphatic carbocycles. The van der Waals surface area contributed by atoms with Crippen molar-refractivity contribution in [1.82, 2.24) is 9.62 Å². The topological polar surface area (TPSA) is 66.5 Å². The van der Waals surface area contributed by atoms with Gasteiger partial charge in [-0.2, -0.15) is 4.31 Å². The SMILES string of the molecule is O=C(NCCC12CC3CC(CC(C3)C1)C2)C1CCN(S(=O)(=O)c2cc(F)ccc2F)CC1. The van der Waals surface area contributed by atoms with Crippen molar-refractivity contribution < 1.29 is 22.0 Å². The van der Waals surface area contributed by atoms with Gasteiger partial charge in [0.2, 0.25) is 15.9 Å². The molecule has 1 saturated heterocycles. The first-order valence-corrected chi connectivity index (χ1v) is 13.4. The standard InChI is InChI=1S/C24H32F2N2O3S/c25-20-1-2-21(26)22(12-20)32(30,31)28-7-3-19(4-8-28)23(29)27-6-5-24-13-16-9-17(14-24)11-18(10-16)15-24/h1-2,12,16-19H,3-11,13-15H2,(H,27,29). The predicted molar refractivity (Wildman–Crippen MR) is 116 cm³/mol. The molecule has 1 aromatic carbocycles. The summed E-state index contributed by atoms with van der Waals surface area (Å²) >= 11 is 0. The molecule has 0 aromatic heterocycles. The molecule has 1 amide bonds. The van der Waals surface area contributed by atoms with E-state index < -0.39 is 26.6 Å². The number of hydrogen-bond donors (Lipinski definition) is 1. The van der Waals surface area contributed by atoms with E-state index in [1.807, 2.05) is 0 Å². The largest absolute Gasteiger partial charge is 0.356 e. The van der Waals surface area contributed by atoms with Crippen molar-refractivity contribution in [2.45, 2.75) is 62.7 Å². The normalized spacial score (nSPS) is 32.9. The average molecular weight is 467 g/mol. The summed E-state index contributed by atoms with van der Waals surface area (Å²) < 4.78 is 54.1. The zero-order chi connectivity index (χ0) is 22.5. The fourth-order valence-electron chi connectivity index (χ4n) is 7.36. The Morgan fingerprint density at radius 3 is 2.22 bits per heavy atom. The molecule has 6 rings (SSSR count). The zero-order valence-electron chi connectivity index (χ0n) is 18.4. The molecule has 5 aliphatic rings. The van der Waals surface area contributed by atoms with Crippen molar-refractivity contribution in [3.05, 3.63) is 29.8 Å². The number of nitrogens with one attached hydrogen (secondary N) is 1. The summed E-state index contributed by atoms with van der Waals surface area (Å²) in [7, 11) is -4.12. The van der Waals surface area contributed by atoms with Crippen LogP contribution in [0.25, 0.3) is 0 Å². The van der Waals surface area contributed by atoms with Gasteiger partial charge in [-0.25, -0.2) is 17.2 Å². The highest BCUT2D eigenvalue weighted by molar-refractivity contribution is 7.89. The van der Waals surface area contributed by atoms with Gasteiger partial charge in [0.05, 0.1) is 0 Å². The van der Waals surface area contributed by atoms with Crippen LogP contribution in [-0.2, 0) is 14.8 Å². The Balaban J connectivity index is 1.12. The van der Waals surface area contributed by atoms with E-state index in [1.165, 1.54) is 38.5 Å². The second kappa shape index (κ2) is 8.35. The zero-order valence-corrected chi connectivity index (χ0v) is 19.2. The van der Waals surface area contributed by atoms with Crippen LogP contribution >= 0.6 is 0 Å². The first-order valence-electron chi connectivity index (χ1n) is 12.0. The van der Waals surface area contributed by atoms with Crippen molar-refractivity contribution in [3.63, 3.8) is 0 Å². The van der Waals surface area contributed by atoms with E-state index in [9.17, 15) is 22.0 Å². The Bertz CT molecular complexity index is 954. The summed E-state index contributed by atoms with van der Waals surface area (Å²) in [6.45, 7) is 0.953. The molecule has 0 atom stereocenters. The average Bonchev–Trinajstić information content (AvgIpc) is 2.74. The van der Waals surface area contributed by atoms with Crippen LogP contribution < -0.4 is 5.32 Å². The molecule has 0 radical (unpaired) electrons. The molecule has 4 bridgehead atoms. The molecule has 176 valence electrons. The minimum Gasteiger partial charge on any atom is -0.356 e. The highest BCUT2D eigenvalue weighted by Crippen LogP contribution is 2.61. The van der Waals surface area contributed by atoms with Crippen molar-refractivity contribution >= 4 is 15.9 Å². The summed E-state index contributed by atoms with van der Waals surface area (Å²) in [4.78, 5) is 12.1. The molecule has 5 nitrogen and oxygen atoms in total. The number of carbonyl (C=O) groups excluding carboxylic acids is 1. The number of nitrogens with zero attached hydrogens (tertiary/aromatic N) is 1. The van der Waals surface area contributed by atoms with Gasteiger partial charge in [0, 0.05) is 25.6 Å².